The summed E-state index contributed by atoms with van der Waals surface area (Å²) >= 11 is 1.39. The van der Waals surface area contributed by atoms with E-state index in [9.17, 15) is 4.79 Å². The Labute approximate surface area is 138 Å². The van der Waals surface area contributed by atoms with Gasteiger partial charge in [-0.3, -0.25) is 4.79 Å². The molecule has 0 saturated carbocycles. The Hall–Kier alpha value is -2.34. The van der Waals surface area contributed by atoms with Crippen LogP contribution in [0, 0.1) is 0 Å². The lowest BCUT2D eigenvalue weighted by molar-refractivity contribution is -0.129. The van der Waals surface area contributed by atoms with Crippen LogP contribution < -0.4 is 0 Å². The van der Waals surface area contributed by atoms with Gasteiger partial charge in [0.1, 0.15) is 0 Å². The van der Waals surface area contributed by atoms with Crippen molar-refractivity contribution in [3.8, 4) is 0 Å². The van der Waals surface area contributed by atoms with Crippen LogP contribution >= 0.6 is 11.8 Å². The minimum absolute atomic E-state index is 0.137. The van der Waals surface area contributed by atoms with Gasteiger partial charge >= 0.3 is 0 Å². The van der Waals surface area contributed by atoms with Crippen LogP contribution in [0.5, 0.6) is 0 Å². The van der Waals surface area contributed by atoms with Crippen LogP contribution in [0.25, 0.3) is 10.9 Å². The number of hydrogen-bond acceptors (Lipinski definition) is 4. The lowest BCUT2D eigenvalue weighted by Gasteiger charge is -2.27. The summed E-state index contributed by atoms with van der Waals surface area (Å²) in [6.07, 6.45) is 4.26. The molecule has 0 unspecified atom stereocenters. The first-order valence-electron chi connectivity index (χ1n) is 7.57. The number of hydrogen-bond donors (Lipinski definition) is 1. The van der Waals surface area contributed by atoms with Crippen LogP contribution in [0.15, 0.2) is 47.9 Å². The molecular formula is C17H16N4OS. The fraction of sp³-hybridized carbons (Fsp3) is 0.235. The topological polar surface area (TPSA) is 61.9 Å². The Morgan fingerprint density at radius 1 is 1.22 bits per heavy atom. The molecule has 0 aliphatic carbocycles. The molecule has 2 aromatic heterocycles. The van der Waals surface area contributed by atoms with Gasteiger partial charge < -0.3 is 9.88 Å². The molecule has 1 aliphatic heterocycles. The normalized spacial score (nSPS) is 14.0. The summed E-state index contributed by atoms with van der Waals surface area (Å²) in [5.41, 5.74) is 3.66. The number of carbonyl (C=O) groups excluding carboxylic acids is 1. The summed E-state index contributed by atoms with van der Waals surface area (Å²) in [4.78, 5) is 26.2. The van der Waals surface area contributed by atoms with Crippen molar-refractivity contribution in [1.29, 1.82) is 0 Å². The van der Waals surface area contributed by atoms with E-state index in [1.807, 2.05) is 17.0 Å². The van der Waals surface area contributed by atoms with Gasteiger partial charge in [0.2, 0.25) is 5.91 Å². The number of aromatic amines is 1. The molecule has 0 spiro atoms. The fourth-order valence-electron chi connectivity index (χ4n) is 2.96. The highest BCUT2D eigenvalue weighted by atomic mass is 32.2. The number of rotatable bonds is 3. The molecule has 5 nitrogen and oxygen atoms in total. The number of nitrogens with zero attached hydrogens (tertiary/aromatic N) is 3. The number of para-hydroxylation sites is 1. The molecule has 1 aromatic carbocycles. The molecule has 1 aliphatic rings. The van der Waals surface area contributed by atoms with Crippen LogP contribution in [0.4, 0.5) is 0 Å². The quantitative estimate of drug-likeness (QED) is 0.594. The van der Waals surface area contributed by atoms with Gasteiger partial charge in [0.05, 0.1) is 5.75 Å². The second-order valence-electron chi connectivity index (χ2n) is 5.51. The Bertz CT molecular complexity index is 846. The second-order valence-corrected chi connectivity index (χ2v) is 6.46. The Balaban J connectivity index is 1.48. The number of aromatic nitrogens is 3. The maximum absolute atomic E-state index is 12.5. The van der Waals surface area contributed by atoms with E-state index >= 15 is 0 Å². The third-order valence-electron chi connectivity index (χ3n) is 4.10. The minimum Gasteiger partial charge on any atom is -0.358 e. The first-order chi connectivity index (χ1) is 11.3. The molecule has 23 heavy (non-hydrogen) atoms. The van der Waals surface area contributed by atoms with Crippen LogP contribution in [0.1, 0.15) is 11.3 Å². The molecule has 116 valence electrons. The van der Waals surface area contributed by atoms with Crippen LogP contribution in [-0.4, -0.2) is 38.1 Å². The fourth-order valence-corrected chi connectivity index (χ4v) is 3.66. The number of benzene rings is 1. The van der Waals surface area contributed by atoms with E-state index in [1.54, 1.807) is 18.5 Å². The summed E-state index contributed by atoms with van der Waals surface area (Å²) in [6, 6.07) is 10.0. The summed E-state index contributed by atoms with van der Waals surface area (Å²) < 4.78 is 0. The van der Waals surface area contributed by atoms with Crippen molar-refractivity contribution >= 4 is 28.6 Å². The number of H-pyrrole nitrogens is 1. The summed E-state index contributed by atoms with van der Waals surface area (Å²) in [6.45, 7) is 1.43. The number of carbonyl (C=O) groups is 1. The van der Waals surface area contributed by atoms with E-state index < -0.39 is 0 Å². The van der Waals surface area contributed by atoms with Crippen molar-refractivity contribution in [2.75, 3.05) is 12.3 Å². The lowest BCUT2D eigenvalue weighted by atomic mass is 10.0. The minimum atomic E-state index is 0.137. The van der Waals surface area contributed by atoms with Crippen molar-refractivity contribution in [2.24, 2.45) is 0 Å². The molecule has 6 heteroatoms. The molecule has 1 amide bonds. The molecular weight excluding hydrogens is 308 g/mol. The molecule has 1 N–H and O–H groups in total. The van der Waals surface area contributed by atoms with Crippen molar-refractivity contribution in [1.82, 2.24) is 19.9 Å². The maximum Gasteiger partial charge on any atom is 0.233 e. The van der Waals surface area contributed by atoms with E-state index in [0.717, 1.165) is 18.5 Å². The van der Waals surface area contributed by atoms with Crippen molar-refractivity contribution in [3.63, 3.8) is 0 Å². The predicted molar refractivity (Wildman–Crippen MR) is 90.2 cm³/mol. The van der Waals surface area contributed by atoms with E-state index in [1.165, 1.54) is 28.4 Å². The van der Waals surface area contributed by atoms with Gasteiger partial charge in [-0.05, 0) is 12.1 Å². The number of thioether (sulfide) groups is 1. The SMILES string of the molecule is O=C(CSc1ncccn1)N1CCc2[nH]c3ccccc3c2C1. The zero-order valence-electron chi connectivity index (χ0n) is 12.5. The molecule has 4 rings (SSSR count). The van der Waals surface area contributed by atoms with Crippen molar-refractivity contribution in [3.05, 3.63) is 54.0 Å². The standard InChI is InChI=1S/C17H16N4OS/c22-16(11-23-17-18-7-3-8-19-17)21-9-6-15-13(10-21)12-4-1-2-5-14(12)20-15/h1-5,7-8,20H,6,9-11H2. The molecule has 0 radical (unpaired) electrons. The van der Waals surface area contributed by atoms with Gasteiger partial charge in [0.15, 0.2) is 5.16 Å². The molecule has 3 heterocycles. The van der Waals surface area contributed by atoms with E-state index in [0.29, 0.717) is 17.5 Å². The molecule has 0 atom stereocenters. The first kappa shape index (κ1) is 14.3. The summed E-state index contributed by atoms with van der Waals surface area (Å²) in [5.74, 6) is 0.514. The number of amides is 1. The molecule has 0 saturated heterocycles. The van der Waals surface area contributed by atoms with Crippen LogP contribution in [0.2, 0.25) is 0 Å². The molecule has 0 fully saturated rings. The van der Waals surface area contributed by atoms with E-state index in [2.05, 4.69) is 27.1 Å². The van der Waals surface area contributed by atoms with Gasteiger partial charge in [-0.15, -0.1) is 0 Å². The number of nitrogens with one attached hydrogen (secondary N) is 1. The van der Waals surface area contributed by atoms with E-state index in [4.69, 9.17) is 0 Å². The van der Waals surface area contributed by atoms with Crippen molar-refractivity contribution in [2.45, 2.75) is 18.1 Å². The lowest BCUT2D eigenvalue weighted by Crippen LogP contribution is -2.36. The zero-order valence-corrected chi connectivity index (χ0v) is 13.3. The van der Waals surface area contributed by atoms with E-state index in [-0.39, 0.29) is 5.91 Å². The average Bonchev–Trinajstić information content (AvgIpc) is 2.98. The highest BCUT2D eigenvalue weighted by molar-refractivity contribution is 7.99. The highest BCUT2D eigenvalue weighted by Crippen LogP contribution is 2.28. The average molecular weight is 324 g/mol. The largest absolute Gasteiger partial charge is 0.358 e. The Morgan fingerprint density at radius 3 is 2.91 bits per heavy atom. The third-order valence-corrected chi connectivity index (χ3v) is 4.96. The van der Waals surface area contributed by atoms with Gasteiger partial charge in [0.25, 0.3) is 0 Å². The van der Waals surface area contributed by atoms with Crippen LogP contribution in [-0.2, 0) is 17.8 Å². The second kappa shape index (κ2) is 6.04. The number of fused-ring (bicyclic) bond motifs is 3. The highest BCUT2D eigenvalue weighted by Gasteiger charge is 2.23. The zero-order chi connectivity index (χ0) is 15.6. The Morgan fingerprint density at radius 2 is 2.04 bits per heavy atom. The third kappa shape index (κ3) is 2.82. The molecule has 3 aromatic rings. The summed E-state index contributed by atoms with van der Waals surface area (Å²) in [5, 5.41) is 1.87. The first-order valence-corrected chi connectivity index (χ1v) is 8.56. The van der Waals surface area contributed by atoms with Gasteiger partial charge in [-0.25, -0.2) is 9.97 Å². The summed E-state index contributed by atoms with van der Waals surface area (Å²) in [7, 11) is 0. The van der Waals surface area contributed by atoms with Gasteiger partial charge in [-0.2, -0.15) is 0 Å². The smallest absolute Gasteiger partial charge is 0.233 e. The maximum atomic E-state index is 12.5. The Kier molecular flexibility index (Phi) is 3.75. The van der Waals surface area contributed by atoms with Gasteiger partial charge in [0, 0.05) is 54.1 Å². The predicted octanol–water partition coefficient (Wildman–Crippen LogP) is 2.63. The molecule has 0 bridgehead atoms. The van der Waals surface area contributed by atoms with Crippen molar-refractivity contribution < 1.29 is 4.79 Å². The van der Waals surface area contributed by atoms with Gasteiger partial charge in [-0.1, -0.05) is 30.0 Å². The monoisotopic (exact) mass is 324 g/mol. The van der Waals surface area contributed by atoms with Crippen LogP contribution in [0.3, 0.4) is 0 Å².